The fourth-order valence-corrected chi connectivity index (χ4v) is 3.26. The van der Waals surface area contributed by atoms with Gasteiger partial charge in [-0.1, -0.05) is 58.8 Å². The van der Waals surface area contributed by atoms with Gasteiger partial charge in [-0.15, -0.1) is 0 Å². The van der Waals surface area contributed by atoms with Crippen molar-refractivity contribution in [2.45, 2.75) is 96.1 Å². The van der Waals surface area contributed by atoms with Crippen LogP contribution in [-0.2, 0) is 23.7 Å². The largest absolute Gasteiger partial charge is 0.499 e. The number of esters is 1. The van der Waals surface area contributed by atoms with Gasteiger partial charge in [0.05, 0.1) is 25.9 Å². The molecule has 0 aromatic heterocycles. The number of aliphatic hydroxyl groups excluding tert-OH is 4. The van der Waals surface area contributed by atoms with Crippen LogP contribution in [0.5, 0.6) is 0 Å². The van der Waals surface area contributed by atoms with Crippen LogP contribution in [0.15, 0.2) is 11.5 Å². The van der Waals surface area contributed by atoms with E-state index in [0.29, 0.717) is 13.0 Å². The lowest BCUT2D eigenvalue weighted by molar-refractivity contribution is -0.148. The number of hydrogen-bond donors (Lipinski definition) is 4. The molecule has 0 bridgehead atoms. The number of hydrogen-bond acceptors (Lipinski definition) is 9. The van der Waals surface area contributed by atoms with Gasteiger partial charge in [-0.25, -0.2) is 4.79 Å². The van der Waals surface area contributed by atoms with Crippen molar-refractivity contribution in [1.29, 1.82) is 0 Å². The van der Waals surface area contributed by atoms with Crippen LogP contribution in [0.25, 0.3) is 0 Å². The third kappa shape index (κ3) is 11.0. The fraction of sp³-hybridized carbons (Fsp3) is 0.870. The molecule has 0 amide bonds. The van der Waals surface area contributed by atoms with Crippen LogP contribution in [0.4, 0.5) is 0 Å². The van der Waals surface area contributed by atoms with Crippen molar-refractivity contribution in [3.8, 4) is 0 Å². The lowest BCUT2D eigenvalue weighted by Crippen LogP contribution is -2.34. The van der Waals surface area contributed by atoms with E-state index in [1.165, 1.54) is 25.7 Å². The second kappa shape index (κ2) is 17.1. The van der Waals surface area contributed by atoms with E-state index in [1.54, 1.807) is 0 Å². The number of rotatable bonds is 20. The molecule has 0 aliphatic carbocycles. The topological polar surface area (TPSA) is 135 Å². The second-order valence-electron chi connectivity index (χ2n) is 8.19. The van der Waals surface area contributed by atoms with E-state index in [9.17, 15) is 20.1 Å². The highest BCUT2D eigenvalue weighted by Gasteiger charge is 2.40. The van der Waals surface area contributed by atoms with Gasteiger partial charge < -0.3 is 39.4 Å². The van der Waals surface area contributed by atoms with Crippen LogP contribution in [0.3, 0.4) is 0 Å². The van der Waals surface area contributed by atoms with Crippen LogP contribution in [0.1, 0.15) is 71.6 Å². The van der Waals surface area contributed by atoms with Crippen molar-refractivity contribution < 1.29 is 44.2 Å². The lowest BCUT2D eigenvalue weighted by Gasteiger charge is -2.22. The molecular weight excluding hydrogens is 420 g/mol. The van der Waals surface area contributed by atoms with E-state index in [-0.39, 0.29) is 25.6 Å². The summed E-state index contributed by atoms with van der Waals surface area (Å²) in [6.45, 7) is 4.34. The molecule has 9 nitrogen and oxygen atoms in total. The molecule has 1 rings (SSSR count). The van der Waals surface area contributed by atoms with Crippen LogP contribution in [0, 0.1) is 0 Å². The van der Waals surface area contributed by atoms with E-state index < -0.39 is 42.8 Å². The fourth-order valence-electron chi connectivity index (χ4n) is 3.26. The summed E-state index contributed by atoms with van der Waals surface area (Å²) < 4.78 is 21.8. The van der Waals surface area contributed by atoms with Gasteiger partial charge in [0.2, 0.25) is 5.76 Å². The highest BCUT2D eigenvalue weighted by atomic mass is 16.6. The van der Waals surface area contributed by atoms with Crippen molar-refractivity contribution in [2.24, 2.45) is 0 Å². The van der Waals surface area contributed by atoms with E-state index in [2.05, 4.69) is 6.92 Å². The smallest absolute Gasteiger partial charge is 0.378 e. The zero-order valence-electron chi connectivity index (χ0n) is 19.5. The summed E-state index contributed by atoms with van der Waals surface area (Å²) in [7, 11) is 0. The maximum Gasteiger partial charge on any atom is 0.378 e. The molecule has 4 atom stereocenters. The van der Waals surface area contributed by atoms with E-state index in [4.69, 9.17) is 24.1 Å². The highest BCUT2D eigenvalue weighted by Crippen LogP contribution is 2.25. The normalized spacial score (nSPS) is 19.2. The summed E-state index contributed by atoms with van der Waals surface area (Å²) >= 11 is 0. The Morgan fingerprint density at radius 3 is 2.34 bits per heavy atom. The number of carbonyl (C=O) groups is 1. The predicted molar refractivity (Wildman–Crippen MR) is 118 cm³/mol. The molecule has 0 saturated carbocycles. The Kier molecular flexibility index (Phi) is 15.3. The highest BCUT2D eigenvalue weighted by molar-refractivity contribution is 5.89. The Morgan fingerprint density at radius 1 is 0.969 bits per heavy atom. The second-order valence-corrected chi connectivity index (χ2v) is 8.19. The van der Waals surface area contributed by atoms with Crippen LogP contribution < -0.4 is 0 Å². The number of unbranched alkanes of at least 4 members (excludes halogenated alkanes) is 6. The van der Waals surface area contributed by atoms with E-state index >= 15 is 0 Å². The lowest BCUT2D eigenvalue weighted by atomic mass is 10.1. The molecule has 4 N–H and O–H groups in total. The van der Waals surface area contributed by atoms with Gasteiger partial charge in [-0.2, -0.15) is 0 Å². The molecule has 9 heteroatoms. The zero-order chi connectivity index (χ0) is 23.8. The molecule has 188 valence electrons. The van der Waals surface area contributed by atoms with Crippen LogP contribution >= 0.6 is 0 Å². The number of ether oxygens (including phenoxy) is 4. The quantitative estimate of drug-likeness (QED) is 0.159. The van der Waals surface area contributed by atoms with Crippen molar-refractivity contribution >= 4 is 5.97 Å². The van der Waals surface area contributed by atoms with Gasteiger partial charge in [-0.3, -0.25) is 0 Å². The first-order valence-corrected chi connectivity index (χ1v) is 11.9. The van der Waals surface area contributed by atoms with Gasteiger partial charge >= 0.3 is 5.97 Å². The SMILES string of the molecule is CCCCCCCCC(O)COCC(COC1=C(O)C(=O)O[C@@H]1[C@@H](O)CO)OCCCC. The standard InChI is InChI=1S/C23H42O9/c1-3-5-7-8-9-10-11-17(25)14-29-15-18(30-12-6-4-2)16-31-22-20(27)23(28)32-21(22)19(26)13-24/h17-19,21,24-27H,3-16H2,1-2H3/t17?,18?,19-,21+/m0/s1. The Bertz CT molecular complexity index is 538. The predicted octanol–water partition coefficient (Wildman–Crippen LogP) is 2.36. The third-order valence-electron chi connectivity index (χ3n) is 5.24. The molecule has 1 aliphatic heterocycles. The minimum Gasteiger partial charge on any atom is -0.499 e. The summed E-state index contributed by atoms with van der Waals surface area (Å²) in [5, 5.41) is 38.9. The van der Waals surface area contributed by atoms with E-state index in [1.807, 2.05) is 6.92 Å². The summed E-state index contributed by atoms with van der Waals surface area (Å²) in [6.07, 6.45) is 5.69. The molecule has 0 aromatic carbocycles. The van der Waals surface area contributed by atoms with Crippen molar-refractivity contribution in [1.82, 2.24) is 0 Å². The molecule has 1 aliphatic rings. The third-order valence-corrected chi connectivity index (χ3v) is 5.24. The minimum absolute atomic E-state index is 0.0537. The minimum atomic E-state index is -1.41. The summed E-state index contributed by atoms with van der Waals surface area (Å²) in [5.74, 6) is -1.98. The van der Waals surface area contributed by atoms with Crippen LogP contribution in [0.2, 0.25) is 0 Å². The molecule has 32 heavy (non-hydrogen) atoms. The average Bonchev–Trinajstić information content (AvgIpc) is 3.07. The van der Waals surface area contributed by atoms with Gasteiger partial charge in [0.15, 0.2) is 11.9 Å². The Balaban J connectivity index is 2.44. The van der Waals surface area contributed by atoms with E-state index in [0.717, 1.165) is 25.7 Å². The van der Waals surface area contributed by atoms with Gasteiger partial charge in [0.25, 0.3) is 0 Å². The number of cyclic esters (lactones) is 1. The van der Waals surface area contributed by atoms with Crippen molar-refractivity contribution in [3.05, 3.63) is 11.5 Å². The Labute approximate surface area is 191 Å². The first-order valence-electron chi connectivity index (χ1n) is 11.9. The monoisotopic (exact) mass is 462 g/mol. The van der Waals surface area contributed by atoms with Crippen molar-refractivity contribution in [2.75, 3.05) is 33.0 Å². The molecule has 0 saturated heterocycles. The summed E-state index contributed by atoms with van der Waals surface area (Å²) in [5.41, 5.74) is 0. The number of aliphatic hydroxyl groups is 4. The molecule has 0 fully saturated rings. The summed E-state index contributed by atoms with van der Waals surface area (Å²) in [4.78, 5) is 11.6. The van der Waals surface area contributed by atoms with Gasteiger partial charge in [-0.05, 0) is 12.8 Å². The average molecular weight is 463 g/mol. The maximum absolute atomic E-state index is 11.6. The van der Waals surface area contributed by atoms with Crippen molar-refractivity contribution in [3.63, 3.8) is 0 Å². The Morgan fingerprint density at radius 2 is 1.66 bits per heavy atom. The van der Waals surface area contributed by atoms with Gasteiger partial charge in [0.1, 0.15) is 18.8 Å². The maximum atomic E-state index is 11.6. The first kappa shape index (κ1) is 28.6. The van der Waals surface area contributed by atoms with Gasteiger partial charge in [0, 0.05) is 6.61 Å². The molecule has 2 unspecified atom stereocenters. The Hall–Kier alpha value is -1.39. The summed E-state index contributed by atoms with van der Waals surface area (Å²) in [6, 6.07) is 0. The zero-order valence-corrected chi connectivity index (χ0v) is 19.5. The molecule has 1 heterocycles. The molecular formula is C23H42O9. The molecule has 0 spiro atoms. The molecule has 0 radical (unpaired) electrons. The molecule has 0 aromatic rings. The first-order chi connectivity index (χ1) is 15.4. The van der Waals surface area contributed by atoms with Crippen LogP contribution in [-0.4, -0.2) is 83.8 Å². The number of carbonyl (C=O) groups excluding carboxylic acids is 1.